The van der Waals surface area contributed by atoms with E-state index in [-0.39, 0.29) is 5.31 Å². The zero-order valence-electron chi connectivity index (χ0n) is 9.62. The summed E-state index contributed by atoms with van der Waals surface area (Å²) >= 11 is 0. The Kier molecular flexibility index (Phi) is 3.96. The van der Waals surface area contributed by atoms with Crippen molar-refractivity contribution < 1.29 is 13.2 Å². The number of carbonyl (C=O) groups excluding carboxylic acids is 1. The van der Waals surface area contributed by atoms with Gasteiger partial charge in [0, 0.05) is 12.7 Å². The van der Waals surface area contributed by atoms with E-state index in [2.05, 4.69) is 0 Å². The van der Waals surface area contributed by atoms with Gasteiger partial charge in [0.1, 0.15) is 14.1 Å². The first-order valence-corrected chi connectivity index (χ1v) is 6.54. The molecule has 0 N–H and O–H groups in total. The van der Waals surface area contributed by atoms with Gasteiger partial charge >= 0.3 is 0 Å². The third kappa shape index (κ3) is 3.82. The van der Waals surface area contributed by atoms with Crippen LogP contribution in [0.2, 0.25) is 5.31 Å². The Hall–Kier alpha value is -0.315. The van der Waals surface area contributed by atoms with E-state index in [9.17, 15) is 13.2 Å². The summed E-state index contributed by atoms with van der Waals surface area (Å²) in [5, 5.41) is -0.256. The Morgan fingerprint density at radius 1 is 1.29 bits per heavy atom. The van der Waals surface area contributed by atoms with E-state index in [1.807, 2.05) is 14.8 Å². The van der Waals surface area contributed by atoms with E-state index in [1.54, 1.807) is 13.8 Å². The Bertz CT molecular complexity index is 304. The molecular formula is C9H19BO3S. The maximum absolute atomic E-state index is 11.4. The van der Waals surface area contributed by atoms with Gasteiger partial charge in [0.25, 0.3) is 0 Å². The maximum atomic E-state index is 11.4. The number of carbonyl (C=O) groups is 1. The van der Waals surface area contributed by atoms with E-state index in [0.29, 0.717) is 12.8 Å². The highest BCUT2D eigenvalue weighted by atomic mass is 32.2. The minimum absolute atomic E-state index is 0.256. The average Bonchev–Trinajstić information content (AvgIpc) is 1.80. The van der Waals surface area contributed by atoms with Gasteiger partial charge in [0.05, 0.1) is 4.75 Å². The van der Waals surface area contributed by atoms with Crippen molar-refractivity contribution >= 4 is 24.0 Å². The highest BCUT2D eigenvalue weighted by Crippen LogP contribution is 2.37. The van der Waals surface area contributed by atoms with E-state index in [1.165, 1.54) is 6.26 Å². The van der Waals surface area contributed by atoms with Crippen molar-refractivity contribution in [3.05, 3.63) is 0 Å². The van der Waals surface area contributed by atoms with Crippen LogP contribution < -0.4 is 0 Å². The normalized spacial score (nSPS) is 17.4. The van der Waals surface area contributed by atoms with Gasteiger partial charge in [-0.05, 0) is 20.3 Å². The van der Waals surface area contributed by atoms with Gasteiger partial charge in [-0.2, -0.15) is 0 Å². The van der Waals surface area contributed by atoms with Crippen LogP contribution in [0.3, 0.4) is 0 Å². The summed E-state index contributed by atoms with van der Waals surface area (Å²) in [7, 11) is -1.16. The van der Waals surface area contributed by atoms with Crippen molar-refractivity contribution in [2.45, 2.75) is 43.7 Å². The molecule has 0 fully saturated rings. The number of rotatable bonds is 5. The molecule has 0 aromatic rings. The molecule has 1 unspecified atom stereocenters. The summed E-state index contributed by atoms with van der Waals surface area (Å²) in [6.45, 7) is 5.32. The molecule has 0 saturated heterocycles. The third-order valence-electron chi connectivity index (χ3n) is 2.54. The standard InChI is InChI=1S/C9H19BO3S/c1-8(2,14(4,12)13)7-9(3,10)5-6-11/h6H,5,7,10H2,1-4H3. The SMILES string of the molecule is BC(C)(CC=O)CC(C)(C)S(C)(=O)=O. The molecule has 0 aliphatic carbocycles. The van der Waals surface area contributed by atoms with E-state index >= 15 is 0 Å². The second kappa shape index (κ2) is 4.05. The van der Waals surface area contributed by atoms with Crippen LogP contribution in [0.4, 0.5) is 0 Å². The van der Waals surface area contributed by atoms with Gasteiger partial charge in [-0.15, -0.1) is 0 Å². The van der Waals surface area contributed by atoms with E-state index in [4.69, 9.17) is 0 Å². The van der Waals surface area contributed by atoms with Crippen molar-refractivity contribution in [1.82, 2.24) is 0 Å². The molecular weight excluding hydrogens is 199 g/mol. The number of sulfone groups is 1. The predicted molar refractivity (Wildman–Crippen MR) is 61.1 cm³/mol. The van der Waals surface area contributed by atoms with Crippen LogP contribution in [-0.4, -0.2) is 33.6 Å². The second-order valence-corrected chi connectivity index (χ2v) is 7.89. The summed E-state index contributed by atoms with van der Waals surface area (Å²) in [6.07, 6.45) is 2.98. The lowest BCUT2D eigenvalue weighted by molar-refractivity contribution is -0.108. The molecule has 0 heterocycles. The van der Waals surface area contributed by atoms with Gasteiger partial charge in [-0.3, -0.25) is 0 Å². The molecule has 5 heteroatoms. The summed E-state index contributed by atoms with van der Waals surface area (Å²) < 4.78 is 22.1. The molecule has 0 aromatic heterocycles. The first-order chi connectivity index (χ1) is 6.02. The fourth-order valence-corrected chi connectivity index (χ4v) is 2.23. The zero-order chi connectivity index (χ0) is 11.6. The highest BCUT2D eigenvalue weighted by molar-refractivity contribution is 7.92. The molecule has 3 nitrogen and oxygen atoms in total. The van der Waals surface area contributed by atoms with Gasteiger partial charge in [-0.25, -0.2) is 8.42 Å². The van der Waals surface area contributed by atoms with Gasteiger partial charge < -0.3 is 4.79 Å². The average molecular weight is 218 g/mol. The summed E-state index contributed by atoms with van der Waals surface area (Å²) in [5.74, 6) is 0. The van der Waals surface area contributed by atoms with Crippen LogP contribution in [0.25, 0.3) is 0 Å². The van der Waals surface area contributed by atoms with Gasteiger partial charge in [0.2, 0.25) is 0 Å². The Morgan fingerprint density at radius 2 is 1.71 bits per heavy atom. The Morgan fingerprint density at radius 3 is 2.00 bits per heavy atom. The van der Waals surface area contributed by atoms with Crippen molar-refractivity contribution in [2.24, 2.45) is 0 Å². The topological polar surface area (TPSA) is 51.2 Å². The number of hydrogen-bond acceptors (Lipinski definition) is 3. The fraction of sp³-hybridized carbons (Fsp3) is 0.889. The fourth-order valence-electron chi connectivity index (χ4n) is 1.58. The quantitative estimate of drug-likeness (QED) is 0.501. The molecule has 0 aliphatic heterocycles. The predicted octanol–water partition coefficient (Wildman–Crippen LogP) is 0.600. The van der Waals surface area contributed by atoms with Crippen LogP contribution in [0.5, 0.6) is 0 Å². The lowest BCUT2D eigenvalue weighted by atomic mass is 9.64. The number of aldehydes is 1. The van der Waals surface area contributed by atoms with Crippen molar-refractivity contribution in [1.29, 1.82) is 0 Å². The lowest BCUT2D eigenvalue weighted by Crippen LogP contribution is -2.35. The zero-order valence-corrected chi connectivity index (χ0v) is 10.4. The van der Waals surface area contributed by atoms with Crippen LogP contribution in [0.1, 0.15) is 33.6 Å². The Labute approximate surface area is 87.6 Å². The minimum Gasteiger partial charge on any atom is -0.303 e. The first kappa shape index (κ1) is 13.7. The molecule has 0 aliphatic rings. The van der Waals surface area contributed by atoms with Crippen molar-refractivity contribution in [3.8, 4) is 0 Å². The van der Waals surface area contributed by atoms with Gasteiger partial charge in [0.15, 0.2) is 9.84 Å². The maximum Gasteiger partial charge on any atom is 0.152 e. The molecule has 0 aromatic carbocycles. The molecule has 14 heavy (non-hydrogen) atoms. The van der Waals surface area contributed by atoms with Crippen LogP contribution in [0, 0.1) is 0 Å². The van der Waals surface area contributed by atoms with Crippen LogP contribution >= 0.6 is 0 Å². The highest BCUT2D eigenvalue weighted by Gasteiger charge is 2.36. The van der Waals surface area contributed by atoms with Crippen molar-refractivity contribution in [3.63, 3.8) is 0 Å². The molecule has 0 radical (unpaired) electrons. The van der Waals surface area contributed by atoms with Crippen LogP contribution in [0.15, 0.2) is 0 Å². The second-order valence-electron chi connectivity index (χ2n) is 5.24. The lowest BCUT2D eigenvalue weighted by Gasteiger charge is -2.32. The third-order valence-corrected chi connectivity index (χ3v) is 4.70. The van der Waals surface area contributed by atoms with E-state index in [0.717, 1.165) is 6.29 Å². The molecule has 0 spiro atoms. The van der Waals surface area contributed by atoms with E-state index < -0.39 is 14.6 Å². The molecule has 82 valence electrons. The molecule has 0 amide bonds. The monoisotopic (exact) mass is 218 g/mol. The van der Waals surface area contributed by atoms with Gasteiger partial charge in [-0.1, -0.05) is 12.2 Å². The molecule has 0 saturated carbocycles. The number of hydrogen-bond donors (Lipinski definition) is 0. The minimum atomic E-state index is -3.07. The molecule has 1 atom stereocenters. The molecule has 0 rings (SSSR count). The first-order valence-electron chi connectivity index (χ1n) is 4.65. The summed E-state index contributed by atoms with van der Waals surface area (Å²) in [5.41, 5.74) is 0. The van der Waals surface area contributed by atoms with Crippen molar-refractivity contribution in [2.75, 3.05) is 6.26 Å². The smallest absolute Gasteiger partial charge is 0.152 e. The largest absolute Gasteiger partial charge is 0.303 e. The summed E-state index contributed by atoms with van der Waals surface area (Å²) in [4.78, 5) is 10.4. The summed E-state index contributed by atoms with van der Waals surface area (Å²) in [6, 6.07) is 0. The molecule has 0 bridgehead atoms. The van der Waals surface area contributed by atoms with Crippen LogP contribution in [-0.2, 0) is 14.6 Å². The Balaban J connectivity index is 4.75.